The quantitative estimate of drug-likeness (QED) is 0.857. The maximum Gasteiger partial charge on any atom is 0.230 e. The first-order chi connectivity index (χ1) is 8.67. The number of nitrogens with one attached hydrogen (secondary N) is 1. The van der Waals surface area contributed by atoms with E-state index < -0.39 is 0 Å². The third kappa shape index (κ3) is 4.80. The molecule has 0 heterocycles. The van der Waals surface area contributed by atoms with Gasteiger partial charge in [0, 0.05) is 11.8 Å². The molecule has 0 aliphatic carbocycles. The van der Waals surface area contributed by atoms with Crippen molar-refractivity contribution in [3.63, 3.8) is 0 Å². The molecule has 0 bridgehead atoms. The number of hydrogen-bond acceptors (Lipinski definition) is 3. The Morgan fingerprint density at radius 1 is 1.50 bits per heavy atom. The highest BCUT2D eigenvalue weighted by Gasteiger charge is 2.06. The molecule has 1 rings (SSSR count). The summed E-state index contributed by atoms with van der Waals surface area (Å²) >= 11 is 1.53. The van der Waals surface area contributed by atoms with Gasteiger partial charge in [-0.15, -0.1) is 11.8 Å². The summed E-state index contributed by atoms with van der Waals surface area (Å²) in [7, 11) is 0. The standard InChI is InChI=1S/C14H18N2OS/c1-3-11(2)16-14(17)10-18-9-13-7-5-4-6-12(13)8-15/h4-7,11H,3,9-10H2,1-2H3,(H,16,17). The van der Waals surface area contributed by atoms with Crippen molar-refractivity contribution >= 4 is 17.7 Å². The second-order valence-corrected chi connectivity index (χ2v) is 5.12. The van der Waals surface area contributed by atoms with Crippen molar-refractivity contribution in [1.29, 1.82) is 5.26 Å². The lowest BCUT2D eigenvalue weighted by Crippen LogP contribution is -2.33. The molecule has 0 aromatic heterocycles. The molecular weight excluding hydrogens is 244 g/mol. The highest BCUT2D eigenvalue weighted by molar-refractivity contribution is 7.99. The maximum absolute atomic E-state index is 11.6. The van der Waals surface area contributed by atoms with Gasteiger partial charge in [0.25, 0.3) is 0 Å². The van der Waals surface area contributed by atoms with Crippen LogP contribution in [0, 0.1) is 11.3 Å². The van der Waals surface area contributed by atoms with Crippen LogP contribution >= 0.6 is 11.8 Å². The van der Waals surface area contributed by atoms with Crippen LogP contribution in [0.15, 0.2) is 24.3 Å². The van der Waals surface area contributed by atoms with Crippen LogP contribution < -0.4 is 5.32 Å². The molecule has 0 saturated heterocycles. The summed E-state index contributed by atoms with van der Waals surface area (Å²) in [6.45, 7) is 4.04. The zero-order valence-electron chi connectivity index (χ0n) is 10.8. The first kappa shape index (κ1) is 14.6. The van der Waals surface area contributed by atoms with Crippen molar-refractivity contribution in [1.82, 2.24) is 5.32 Å². The Morgan fingerprint density at radius 2 is 2.22 bits per heavy atom. The fraction of sp³-hybridized carbons (Fsp3) is 0.429. The summed E-state index contributed by atoms with van der Waals surface area (Å²) in [4.78, 5) is 11.6. The molecule has 0 aliphatic rings. The van der Waals surface area contributed by atoms with Crippen molar-refractivity contribution in [2.75, 3.05) is 5.75 Å². The van der Waals surface area contributed by atoms with Crippen molar-refractivity contribution in [3.05, 3.63) is 35.4 Å². The van der Waals surface area contributed by atoms with Crippen molar-refractivity contribution in [2.24, 2.45) is 0 Å². The predicted octanol–water partition coefficient (Wildman–Crippen LogP) is 2.71. The molecule has 18 heavy (non-hydrogen) atoms. The Kier molecular flexibility index (Phi) is 6.31. The largest absolute Gasteiger partial charge is 0.353 e. The maximum atomic E-state index is 11.6. The van der Waals surface area contributed by atoms with E-state index in [4.69, 9.17) is 5.26 Å². The third-order valence-corrected chi connectivity index (χ3v) is 3.63. The number of carbonyl (C=O) groups is 1. The Balaban J connectivity index is 2.38. The van der Waals surface area contributed by atoms with E-state index in [1.807, 2.05) is 32.0 Å². The Morgan fingerprint density at radius 3 is 2.89 bits per heavy atom. The second kappa shape index (κ2) is 7.78. The van der Waals surface area contributed by atoms with Gasteiger partial charge in [0.15, 0.2) is 0 Å². The summed E-state index contributed by atoms with van der Waals surface area (Å²) in [5.41, 5.74) is 1.67. The molecule has 0 radical (unpaired) electrons. The first-order valence-electron chi connectivity index (χ1n) is 6.02. The van der Waals surface area contributed by atoms with E-state index in [0.717, 1.165) is 12.0 Å². The van der Waals surface area contributed by atoms with E-state index in [0.29, 0.717) is 17.1 Å². The van der Waals surface area contributed by atoms with Crippen LogP contribution in [0.2, 0.25) is 0 Å². The molecule has 0 spiro atoms. The van der Waals surface area contributed by atoms with Gasteiger partial charge in [-0.25, -0.2) is 0 Å². The highest BCUT2D eigenvalue weighted by atomic mass is 32.2. The van der Waals surface area contributed by atoms with E-state index in [1.165, 1.54) is 11.8 Å². The summed E-state index contributed by atoms with van der Waals surface area (Å²) in [6, 6.07) is 9.88. The summed E-state index contributed by atoms with van der Waals surface area (Å²) in [5.74, 6) is 1.19. The van der Waals surface area contributed by atoms with Crippen LogP contribution in [0.5, 0.6) is 0 Å². The van der Waals surface area contributed by atoms with E-state index in [-0.39, 0.29) is 11.9 Å². The smallest absolute Gasteiger partial charge is 0.230 e. The van der Waals surface area contributed by atoms with Gasteiger partial charge in [0.05, 0.1) is 17.4 Å². The number of nitriles is 1. The number of benzene rings is 1. The lowest BCUT2D eigenvalue weighted by Gasteiger charge is -2.11. The van der Waals surface area contributed by atoms with Gasteiger partial charge < -0.3 is 5.32 Å². The zero-order valence-corrected chi connectivity index (χ0v) is 11.6. The number of nitrogens with zero attached hydrogens (tertiary/aromatic N) is 1. The number of rotatable bonds is 6. The van der Waals surface area contributed by atoms with Crippen molar-refractivity contribution < 1.29 is 4.79 Å². The SMILES string of the molecule is CCC(C)NC(=O)CSCc1ccccc1C#N. The van der Waals surface area contributed by atoms with Crippen LogP contribution in [-0.2, 0) is 10.5 Å². The highest BCUT2D eigenvalue weighted by Crippen LogP contribution is 2.15. The van der Waals surface area contributed by atoms with Crippen LogP contribution in [0.3, 0.4) is 0 Å². The molecule has 1 aromatic carbocycles. The van der Waals surface area contributed by atoms with Gasteiger partial charge in [0.1, 0.15) is 0 Å². The monoisotopic (exact) mass is 262 g/mol. The lowest BCUT2D eigenvalue weighted by molar-refractivity contribution is -0.119. The number of thioether (sulfide) groups is 1. The second-order valence-electron chi connectivity index (χ2n) is 4.14. The van der Waals surface area contributed by atoms with Gasteiger partial charge in [-0.1, -0.05) is 25.1 Å². The van der Waals surface area contributed by atoms with Crippen LogP contribution in [-0.4, -0.2) is 17.7 Å². The van der Waals surface area contributed by atoms with Crippen LogP contribution in [0.25, 0.3) is 0 Å². The first-order valence-corrected chi connectivity index (χ1v) is 7.18. The molecule has 4 heteroatoms. The Hall–Kier alpha value is -1.47. The fourth-order valence-electron chi connectivity index (χ4n) is 1.43. The van der Waals surface area contributed by atoms with Crippen molar-refractivity contribution in [2.45, 2.75) is 32.1 Å². The summed E-state index contributed by atoms with van der Waals surface area (Å²) in [6.07, 6.45) is 0.938. The minimum Gasteiger partial charge on any atom is -0.353 e. The number of carbonyl (C=O) groups excluding carboxylic acids is 1. The molecular formula is C14H18N2OS. The van der Waals surface area contributed by atoms with E-state index in [2.05, 4.69) is 11.4 Å². The topological polar surface area (TPSA) is 52.9 Å². The van der Waals surface area contributed by atoms with Crippen molar-refractivity contribution in [3.8, 4) is 6.07 Å². The molecule has 96 valence electrons. The van der Waals surface area contributed by atoms with E-state index in [9.17, 15) is 4.79 Å². The average molecular weight is 262 g/mol. The average Bonchev–Trinajstić information content (AvgIpc) is 2.39. The molecule has 0 fully saturated rings. The summed E-state index contributed by atoms with van der Waals surface area (Å²) < 4.78 is 0. The predicted molar refractivity (Wildman–Crippen MR) is 75.2 cm³/mol. The van der Waals surface area contributed by atoms with Gasteiger partial charge in [0.2, 0.25) is 5.91 Å². The minimum atomic E-state index is 0.0591. The Labute approximate surface area is 113 Å². The Bertz CT molecular complexity index is 440. The molecule has 1 amide bonds. The molecule has 1 atom stereocenters. The third-order valence-electron chi connectivity index (χ3n) is 2.65. The van der Waals surface area contributed by atoms with Crippen LogP contribution in [0.1, 0.15) is 31.4 Å². The molecule has 0 aliphatic heterocycles. The molecule has 3 nitrogen and oxygen atoms in total. The molecule has 0 saturated carbocycles. The zero-order chi connectivity index (χ0) is 13.4. The van der Waals surface area contributed by atoms with E-state index in [1.54, 1.807) is 6.07 Å². The lowest BCUT2D eigenvalue weighted by atomic mass is 10.1. The normalized spacial score (nSPS) is 11.6. The molecule has 1 N–H and O–H groups in total. The van der Waals surface area contributed by atoms with Gasteiger partial charge in [-0.05, 0) is 25.0 Å². The number of hydrogen-bond donors (Lipinski definition) is 1. The molecule has 1 aromatic rings. The summed E-state index contributed by atoms with van der Waals surface area (Å²) in [5, 5.41) is 11.9. The number of amides is 1. The van der Waals surface area contributed by atoms with Gasteiger partial charge >= 0.3 is 0 Å². The van der Waals surface area contributed by atoms with E-state index >= 15 is 0 Å². The van der Waals surface area contributed by atoms with Gasteiger partial charge in [-0.2, -0.15) is 5.26 Å². The van der Waals surface area contributed by atoms with Crippen LogP contribution in [0.4, 0.5) is 0 Å². The molecule has 1 unspecified atom stereocenters. The fourth-order valence-corrected chi connectivity index (χ4v) is 2.27. The minimum absolute atomic E-state index is 0.0591. The van der Waals surface area contributed by atoms with Gasteiger partial charge in [-0.3, -0.25) is 4.79 Å².